The normalized spacial score (nSPS) is 18.4. The van der Waals surface area contributed by atoms with Gasteiger partial charge in [-0.15, -0.1) is 0 Å². The highest BCUT2D eigenvalue weighted by Crippen LogP contribution is 2.34. The Balaban J connectivity index is 1.13. The van der Waals surface area contributed by atoms with Crippen LogP contribution in [0.15, 0.2) is 42.5 Å². The van der Waals surface area contributed by atoms with Crippen molar-refractivity contribution in [3.8, 4) is 11.5 Å². The maximum absolute atomic E-state index is 13.4. The van der Waals surface area contributed by atoms with Gasteiger partial charge in [-0.3, -0.25) is 9.59 Å². The molecule has 0 aromatic heterocycles. The van der Waals surface area contributed by atoms with Crippen molar-refractivity contribution in [3.63, 3.8) is 0 Å². The molecule has 4 amide bonds. The van der Waals surface area contributed by atoms with Crippen LogP contribution in [-0.4, -0.2) is 71.6 Å². The first-order valence-corrected chi connectivity index (χ1v) is 11.3. The van der Waals surface area contributed by atoms with E-state index < -0.39 is 11.8 Å². The number of fused-ring (bicyclic) bond motifs is 1. The molecule has 10 heteroatoms. The van der Waals surface area contributed by atoms with Gasteiger partial charge >= 0.3 is 17.8 Å². The highest BCUT2D eigenvalue weighted by atomic mass is 19.1. The third-order valence-corrected chi connectivity index (χ3v) is 6.42. The van der Waals surface area contributed by atoms with Gasteiger partial charge in [0.05, 0.1) is 0 Å². The van der Waals surface area contributed by atoms with E-state index in [1.807, 2.05) is 0 Å². The van der Waals surface area contributed by atoms with E-state index in [0.717, 1.165) is 0 Å². The monoisotopic (exact) mass is 468 g/mol. The fraction of sp³-hybridized carbons (Fsp3) is 0.375. The first-order valence-electron chi connectivity index (χ1n) is 11.3. The van der Waals surface area contributed by atoms with E-state index in [-0.39, 0.29) is 31.2 Å². The number of hydrogen-bond donors (Lipinski definition) is 1. The first-order chi connectivity index (χ1) is 16.5. The minimum atomic E-state index is -0.571. The predicted octanol–water partition coefficient (Wildman–Crippen LogP) is 2.42. The van der Waals surface area contributed by atoms with E-state index in [9.17, 15) is 18.8 Å². The molecule has 34 heavy (non-hydrogen) atoms. The van der Waals surface area contributed by atoms with Gasteiger partial charge in [0, 0.05) is 50.5 Å². The zero-order valence-corrected chi connectivity index (χ0v) is 18.5. The van der Waals surface area contributed by atoms with Crippen molar-refractivity contribution in [3.05, 3.63) is 53.8 Å². The average Bonchev–Trinajstić information content (AvgIpc) is 3.30. The van der Waals surface area contributed by atoms with Crippen molar-refractivity contribution in [2.24, 2.45) is 0 Å². The lowest BCUT2D eigenvalue weighted by molar-refractivity contribution is -0.158. The Bertz CT molecular complexity index is 1120. The molecule has 9 nitrogen and oxygen atoms in total. The number of carbonyl (C=O) groups excluding carboxylic acids is 3. The molecule has 2 aromatic carbocycles. The van der Waals surface area contributed by atoms with Crippen molar-refractivity contribution >= 4 is 23.5 Å². The van der Waals surface area contributed by atoms with Gasteiger partial charge in [0.25, 0.3) is 0 Å². The minimum Gasteiger partial charge on any atom is -0.454 e. The molecule has 0 aliphatic carbocycles. The summed E-state index contributed by atoms with van der Waals surface area (Å²) in [6.45, 7) is 2.15. The molecule has 2 fully saturated rings. The van der Waals surface area contributed by atoms with Crippen LogP contribution in [0.25, 0.3) is 0 Å². The summed E-state index contributed by atoms with van der Waals surface area (Å²) in [6, 6.07) is 10.9. The Labute approximate surface area is 196 Å². The Morgan fingerprint density at radius 3 is 2.56 bits per heavy atom. The number of urea groups is 1. The zero-order valence-electron chi connectivity index (χ0n) is 18.5. The van der Waals surface area contributed by atoms with Crippen molar-refractivity contribution < 1.29 is 28.2 Å². The standard InChI is InChI=1S/C24H25FN4O5/c25-17-3-1-2-16(12-17)14-28-10-11-29(23(31)22(28)30)19-6-8-27(9-7-19)24(32)26-18-4-5-20-21(13-18)34-15-33-20/h1-5,12-13,19H,6-11,14-15H2,(H,26,32). The third kappa shape index (κ3) is 4.48. The van der Waals surface area contributed by atoms with E-state index in [0.29, 0.717) is 61.8 Å². The summed E-state index contributed by atoms with van der Waals surface area (Å²) in [5, 5.41) is 2.87. The number of anilines is 1. The molecular weight excluding hydrogens is 443 g/mol. The van der Waals surface area contributed by atoms with Crippen LogP contribution in [0.4, 0.5) is 14.9 Å². The second-order valence-electron chi connectivity index (χ2n) is 8.57. The molecule has 0 saturated carbocycles. The predicted molar refractivity (Wildman–Crippen MR) is 120 cm³/mol. The van der Waals surface area contributed by atoms with E-state index in [4.69, 9.17) is 9.47 Å². The van der Waals surface area contributed by atoms with E-state index in [2.05, 4.69) is 5.32 Å². The molecular formula is C24H25FN4O5. The van der Waals surface area contributed by atoms with Gasteiger partial charge in [0.15, 0.2) is 11.5 Å². The largest absolute Gasteiger partial charge is 0.454 e. The van der Waals surface area contributed by atoms with Crippen LogP contribution in [0.1, 0.15) is 18.4 Å². The van der Waals surface area contributed by atoms with Crippen LogP contribution in [0.3, 0.4) is 0 Å². The molecule has 2 saturated heterocycles. The van der Waals surface area contributed by atoms with Crippen LogP contribution >= 0.6 is 0 Å². The number of piperidine rings is 1. The molecule has 2 aromatic rings. The number of nitrogens with one attached hydrogen (secondary N) is 1. The molecule has 1 N–H and O–H groups in total. The number of likely N-dealkylation sites (tertiary alicyclic amines) is 1. The number of hydrogen-bond acceptors (Lipinski definition) is 5. The van der Waals surface area contributed by atoms with Gasteiger partial charge in [-0.25, -0.2) is 9.18 Å². The van der Waals surface area contributed by atoms with Gasteiger partial charge in [-0.1, -0.05) is 12.1 Å². The van der Waals surface area contributed by atoms with Crippen LogP contribution in [0.2, 0.25) is 0 Å². The fourth-order valence-electron chi connectivity index (χ4n) is 4.60. The van der Waals surface area contributed by atoms with Crippen LogP contribution in [0, 0.1) is 5.82 Å². The maximum Gasteiger partial charge on any atom is 0.321 e. The topological polar surface area (TPSA) is 91.4 Å². The molecule has 0 radical (unpaired) electrons. The van der Waals surface area contributed by atoms with Crippen LogP contribution in [-0.2, 0) is 16.1 Å². The number of nitrogens with zero attached hydrogens (tertiary/aromatic N) is 3. The Kier molecular flexibility index (Phi) is 5.95. The molecule has 0 bridgehead atoms. The second kappa shape index (κ2) is 9.20. The quantitative estimate of drug-likeness (QED) is 0.696. The van der Waals surface area contributed by atoms with E-state index >= 15 is 0 Å². The zero-order chi connectivity index (χ0) is 23.7. The summed E-state index contributed by atoms with van der Waals surface area (Å²) in [4.78, 5) is 42.9. The van der Waals surface area contributed by atoms with Crippen molar-refractivity contribution in [2.45, 2.75) is 25.4 Å². The number of rotatable bonds is 4. The minimum absolute atomic E-state index is 0.0950. The van der Waals surface area contributed by atoms with Gasteiger partial charge in [0.1, 0.15) is 5.82 Å². The summed E-state index contributed by atoms with van der Waals surface area (Å²) in [7, 11) is 0. The summed E-state index contributed by atoms with van der Waals surface area (Å²) >= 11 is 0. The van der Waals surface area contributed by atoms with Crippen LogP contribution < -0.4 is 14.8 Å². The summed E-state index contributed by atoms with van der Waals surface area (Å²) < 4.78 is 24.1. The molecule has 0 unspecified atom stereocenters. The smallest absolute Gasteiger partial charge is 0.321 e. The number of piperazine rings is 1. The third-order valence-electron chi connectivity index (χ3n) is 6.42. The number of benzene rings is 2. The lowest BCUT2D eigenvalue weighted by atomic mass is 10.0. The van der Waals surface area contributed by atoms with E-state index in [1.54, 1.807) is 40.1 Å². The Morgan fingerprint density at radius 2 is 1.76 bits per heavy atom. The molecule has 178 valence electrons. The van der Waals surface area contributed by atoms with Gasteiger partial charge in [-0.05, 0) is 42.7 Å². The lowest BCUT2D eigenvalue weighted by Gasteiger charge is -2.42. The number of amides is 4. The molecule has 0 atom stereocenters. The van der Waals surface area contributed by atoms with Crippen molar-refractivity contribution in [1.82, 2.24) is 14.7 Å². The molecule has 3 aliphatic heterocycles. The van der Waals surface area contributed by atoms with Crippen LogP contribution in [0.5, 0.6) is 11.5 Å². The van der Waals surface area contributed by atoms with Crippen molar-refractivity contribution in [2.75, 3.05) is 38.3 Å². The van der Waals surface area contributed by atoms with Gasteiger partial charge in [-0.2, -0.15) is 0 Å². The maximum atomic E-state index is 13.4. The fourth-order valence-corrected chi connectivity index (χ4v) is 4.60. The highest BCUT2D eigenvalue weighted by Gasteiger charge is 2.38. The average molecular weight is 468 g/mol. The Hall–Kier alpha value is -3.82. The molecule has 3 heterocycles. The molecule has 5 rings (SSSR count). The van der Waals surface area contributed by atoms with E-state index in [1.165, 1.54) is 17.0 Å². The highest BCUT2D eigenvalue weighted by molar-refractivity contribution is 6.35. The molecule has 3 aliphatic rings. The second-order valence-corrected chi connectivity index (χ2v) is 8.57. The number of ether oxygens (including phenoxy) is 2. The SMILES string of the molecule is O=C(Nc1ccc2c(c1)OCO2)N1CCC(N2CCN(Cc3cccc(F)c3)C(=O)C2=O)CC1. The summed E-state index contributed by atoms with van der Waals surface area (Å²) in [5.74, 6) is -0.237. The Morgan fingerprint density at radius 1 is 0.971 bits per heavy atom. The molecule has 0 spiro atoms. The van der Waals surface area contributed by atoms with Gasteiger partial charge in [0.2, 0.25) is 6.79 Å². The first kappa shape index (κ1) is 22.0. The summed E-state index contributed by atoms with van der Waals surface area (Å²) in [6.07, 6.45) is 1.19. The van der Waals surface area contributed by atoms with Crippen molar-refractivity contribution in [1.29, 1.82) is 0 Å². The van der Waals surface area contributed by atoms with Gasteiger partial charge < -0.3 is 29.5 Å². The lowest BCUT2D eigenvalue weighted by Crippen LogP contribution is -2.59. The summed E-state index contributed by atoms with van der Waals surface area (Å²) in [5.41, 5.74) is 1.27. The number of halogens is 1. The number of carbonyl (C=O) groups is 3.